The number of fused-ring (bicyclic) bond motifs is 1. The Morgan fingerprint density at radius 1 is 1.47 bits per heavy atom. The summed E-state index contributed by atoms with van der Waals surface area (Å²) in [5.74, 6) is 1.38. The van der Waals surface area contributed by atoms with Crippen LogP contribution in [0.5, 0.6) is 0 Å². The average Bonchev–Trinajstić information content (AvgIpc) is 2.81. The van der Waals surface area contributed by atoms with Crippen LogP contribution in [0.25, 0.3) is 0 Å². The zero-order valence-electron chi connectivity index (χ0n) is 10.1. The maximum absolute atomic E-state index is 11.4. The number of hydrogen-bond acceptors (Lipinski definition) is 4. The highest BCUT2D eigenvalue weighted by Gasteiger charge is 2.37. The van der Waals surface area contributed by atoms with Crippen LogP contribution in [0.15, 0.2) is 10.9 Å². The van der Waals surface area contributed by atoms with Gasteiger partial charge in [-0.25, -0.2) is 4.98 Å². The summed E-state index contributed by atoms with van der Waals surface area (Å²) in [4.78, 5) is 20.9. The van der Waals surface area contributed by atoms with Gasteiger partial charge in [0.2, 0.25) is 0 Å². The lowest BCUT2D eigenvalue weighted by atomic mass is 10.1. The monoisotopic (exact) mass is 234 g/mol. The fourth-order valence-corrected chi connectivity index (χ4v) is 3.09. The van der Waals surface area contributed by atoms with E-state index >= 15 is 0 Å². The van der Waals surface area contributed by atoms with Crippen LogP contribution in [0, 0.1) is 6.92 Å². The van der Waals surface area contributed by atoms with Gasteiger partial charge >= 0.3 is 0 Å². The zero-order chi connectivity index (χ0) is 11.8. The number of aryl methyl sites for hydroxylation is 1. The molecule has 2 N–H and O–H groups in total. The Labute approximate surface area is 100 Å². The highest BCUT2D eigenvalue weighted by Crippen LogP contribution is 2.29. The van der Waals surface area contributed by atoms with E-state index < -0.39 is 0 Å². The summed E-state index contributed by atoms with van der Waals surface area (Å²) >= 11 is 0. The van der Waals surface area contributed by atoms with Gasteiger partial charge in [0.15, 0.2) is 0 Å². The van der Waals surface area contributed by atoms with E-state index in [4.69, 9.17) is 0 Å². The molecular formula is C12H18N4O. The molecule has 5 heteroatoms. The van der Waals surface area contributed by atoms with Crippen LogP contribution in [0.3, 0.4) is 0 Å². The molecule has 0 saturated carbocycles. The molecule has 1 aromatic heterocycles. The summed E-state index contributed by atoms with van der Waals surface area (Å²) in [5, 5.41) is 3.42. The van der Waals surface area contributed by atoms with Crippen molar-refractivity contribution in [3.63, 3.8) is 0 Å². The predicted octanol–water partition coefficient (Wildman–Crippen LogP) is 0.727. The normalized spacial score (nSPS) is 28.3. The van der Waals surface area contributed by atoms with E-state index in [1.807, 2.05) is 6.92 Å². The number of hydrogen-bond donors (Lipinski definition) is 2. The summed E-state index contributed by atoms with van der Waals surface area (Å²) in [7, 11) is 0. The van der Waals surface area contributed by atoms with Crippen molar-refractivity contribution >= 4 is 5.82 Å². The summed E-state index contributed by atoms with van der Waals surface area (Å²) in [6, 6.07) is 2.63. The van der Waals surface area contributed by atoms with Crippen molar-refractivity contribution in [1.29, 1.82) is 0 Å². The molecule has 0 radical (unpaired) electrons. The summed E-state index contributed by atoms with van der Waals surface area (Å²) in [5.41, 5.74) is -0.0822. The first-order valence-electron chi connectivity index (χ1n) is 6.31. The molecule has 2 aliphatic heterocycles. The van der Waals surface area contributed by atoms with E-state index in [0.29, 0.717) is 23.7 Å². The average molecular weight is 234 g/mol. The predicted molar refractivity (Wildman–Crippen MR) is 66.2 cm³/mol. The number of aromatic nitrogens is 2. The van der Waals surface area contributed by atoms with Gasteiger partial charge < -0.3 is 10.3 Å². The molecule has 3 rings (SSSR count). The largest absolute Gasteiger partial charge is 0.365 e. The second-order valence-corrected chi connectivity index (χ2v) is 5.00. The molecule has 0 spiro atoms. The molecule has 0 amide bonds. The molecule has 17 heavy (non-hydrogen) atoms. The molecule has 0 aliphatic carbocycles. The minimum Gasteiger partial charge on any atom is -0.365 e. The number of anilines is 1. The third-order valence-electron chi connectivity index (χ3n) is 3.80. The van der Waals surface area contributed by atoms with Crippen molar-refractivity contribution in [1.82, 2.24) is 14.9 Å². The van der Waals surface area contributed by atoms with Crippen molar-refractivity contribution in [3.05, 3.63) is 22.2 Å². The third kappa shape index (κ3) is 2.07. The lowest BCUT2D eigenvalue weighted by Gasteiger charge is -2.21. The van der Waals surface area contributed by atoms with Crippen LogP contribution in [0.2, 0.25) is 0 Å². The SMILES string of the molecule is Cc1nc(NC2CCN3CCCC23)cc(=O)[nH]1. The van der Waals surface area contributed by atoms with Crippen molar-refractivity contribution < 1.29 is 0 Å². The summed E-state index contributed by atoms with van der Waals surface area (Å²) < 4.78 is 0. The molecule has 2 saturated heterocycles. The van der Waals surface area contributed by atoms with E-state index in [1.54, 1.807) is 6.07 Å². The lowest BCUT2D eigenvalue weighted by Crippen LogP contribution is -2.34. The Balaban J connectivity index is 1.76. The van der Waals surface area contributed by atoms with Gasteiger partial charge in [0.05, 0.1) is 0 Å². The molecule has 92 valence electrons. The minimum absolute atomic E-state index is 0.0822. The van der Waals surface area contributed by atoms with Gasteiger partial charge in [-0.1, -0.05) is 0 Å². The first-order chi connectivity index (χ1) is 8.22. The Hall–Kier alpha value is -1.36. The number of nitrogens with zero attached hydrogens (tertiary/aromatic N) is 2. The Kier molecular flexibility index (Phi) is 2.63. The topological polar surface area (TPSA) is 61.0 Å². The van der Waals surface area contributed by atoms with Crippen LogP contribution in [0.4, 0.5) is 5.82 Å². The van der Waals surface area contributed by atoms with Crippen LogP contribution in [-0.4, -0.2) is 40.0 Å². The Morgan fingerprint density at radius 2 is 2.35 bits per heavy atom. The highest BCUT2D eigenvalue weighted by molar-refractivity contribution is 5.35. The van der Waals surface area contributed by atoms with Crippen molar-refractivity contribution in [2.24, 2.45) is 0 Å². The van der Waals surface area contributed by atoms with E-state index in [9.17, 15) is 4.79 Å². The lowest BCUT2D eigenvalue weighted by molar-refractivity contribution is 0.318. The van der Waals surface area contributed by atoms with Gasteiger partial charge in [0, 0.05) is 24.7 Å². The fourth-order valence-electron chi connectivity index (χ4n) is 3.09. The van der Waals surface area contributed by atoms with Crippen molar-refractivity contribution in [3.8, 4) is 0 Å². The molecule has 2 unspecified atom stereocenters. The van der Waals surface area contributed by atoms with Gasteiger partial charge in [0.25, 0.3) is 5.56 Å². The van der Waals surface area contributed by atoms with Gasteiger partial charge in [-0.2, -0.15) is 0 Å². The number of rotatable bonds is 2. The smallest absolute Gasteiger partial charge is 0.252 e. The summed E-state index contributed by atoms with van der Waals surface area (Å²) in [6.07, 6.45) is 3.71. The maximum Gasteiger partial charge on any atom is 0.252 e. The van der Waals surface area contributed by atoms with Gasteiger partial charge in [-0.15, -0.1) is 0 Å². The second kappa shape index (κ2) is 4.14. The molecule has 0 aromatic carbocycles. The maximum atomic E-state index is 11.4. The fraction of sp³-hybridized carbons (Fsp3) is 0.667. The summed E-state index contributed by atoms with van der Waals surface area (Å²) in [6.45, 7) is 4.21. The molecule has 3 heterocycles. The van der Waals surface area contributed by atoms with Crippen molar-refractivity contribution in [2.45, 2.75) is 38.3 Å². The first-order valence-corrected chi connectivity index (χ1v) is 6.31. The molecule has 5 nitrogen and oxygen atoms in total. The molecule has 1 aromatic rings. The van der Waals surface area contributed by atoms with Crippen molar-refractivity contribution in [2.75, 3.05) is 18.4 Å². The second-order valence-electron chi connectivity index (χ2n) is 5.00. The van der Waals surface area contributed by atoms with Crippen LogP contribution in [-0.2, 0) is 0 Å². The molecular weight excluding hydrogens is 216 g/mol. The standard InChI is InChI=1S/C12H18N4O/c1-8-13-11(7-12(17)14-8)15-9-4-6-16-5-2-3-10(9)16/h7,9-10H,2-6H2,1H3,(H2,13,14,15,17). The number of aromatic amines is 1. The van der Waals surface area contributed by atoms with E-state index in [1.165, 1.54) is 25.9 Å². The van der Waals surface area contributed by atoms with Crippen LogP contribution in [0.1, 0.15) is 25.1 Å². The molecule has 2 fully saturated rings. The minimum atomic E-state index is -0.0822. The van der Waals surface area contributed by atoms with Gasteiger partial charge in [0.1, 0.15) is 11.6 Å². The number of H-pyrrole nitrogens is 1. The van der Waals surface area contributed by atoms with E-state index in [-0.39, 0.29) is 5.56 Å². The molecule has 2 aliphatic rings. The Morgan fingerprint density at radius 3 is 3.18 bits per heavy atom. The Bertz CT molecular complexity index is 470. The van der Waals surface area contributed by atoms with Crippen LogP contribution < -0.4 is 10.9 Å². The first kappa shape index (κ1) is 10.8. The quantitative estimate of drug-likeness (QED) is 0.792. The third-order valence-corrected chi connectivity index (χ3v) is 3.80. The highest BCUT2D eigenvalue weighted by atomic mass is 16.1. The van der Waals surface area contributed by atoms with E-state index in [2.05, 4.69) is 20.2 Å². The van der Waals surface area contributed by atoms with Crippen LogP contribution >= 0.6 is 0 Å². The van der Waals surface area contributed by atoms with Gasteiger partial charge in [-0.05, 0) is 32.7 Å². The number of nitrogens with one attached hydrogen (secondary N) is 2. The van der Waals surface area contributed by atoms with Gasteiger partial charge in [-0.3, -0.25) is 9.69 Å². The molecule has 2 atom stereocenters. The zero-order valence-corrected chi connectivity index (χ0v) is 10.1. The van der Waals surface area contributed by atoms with E-state index in [0.717, 1.165) is 6.42 Å². The molecule has 0 bridgehead atoms.